The summed E-state index contributed by atoms with van der Waals surface area (Å²) >= 11 is 1.73. The van der Waals surface area contributed by atoms with Gasteiger partial charge in [-0.2, -0.15) is 0 Å². The Morgan fingerprint density at radius 3 is 2.38 bits per heavy atom. The zero-order valence-electron chi connectivity index (χ0n) is 11.4. The Kier molecular flexibility index (Phi) is 3.02. The fraction of sp³-hybridized carbons (Fsp3) is 0. The van der Waals surface area contributed by atoms with E-state index in [1.807, 2.05) is 12.1 Å². The first-order valence-electron chi connectivity index (χ1n) is 6.91. The lowest BCUT2D eigenvalue weighted by Gasteiger charge is -2.10. The first-order chi connectivity index (χ1) is 10.4. The van der Waals surface area contributed by atoms with Gasteiger partial charge in [0, 0.05) is 10.9 Å². The molecule has 0 fully saturated rings. The van der Waals surface area contributed by atoms with Crippen LogP contribution in [-0.2, 0) is 0 Å². The number of fused-ring (bicyclic) bond motifs is 1. The molecule has 2 aromatic carbocycles. The van der Waals surface area contributed by atoms with Crippen LogP contribution in [0.3, 0.4) is 0 Å². The predicted molar refractivity (Wildman–Crippen MR) is 90.5 cm³/mol. The van der Waals surface area contributed by atoms with Crippen LogP contribution in [0.4, 0.5) is 0 Å². The third-order valence-corrected chi connectivity index (χ3v) is 4.44. The SMILES string of the molecule is c1ccc(-c2cc3ccccc3nc2-c2cccs2)cc1. The van der Waals surface area contributed by atoms with Crippen LogP contribution >= 0.6 is 11.3 Å². The van der Waals surface area contributed by atoms with E-state index in [0.29, 0.717) is 0 Å². The van der Waals surface area contributed by atoms with Crippen LogP contribution in [0.5, 0.6) is 0 Å². The fourth-order valence-corrected chi connectivity index (χ4v) is 3.28. The van der Waals surface area contributed by atoms with Crippen molar-refractivity contribution in [2.45, 2.75) is 0 Å². The minimum atomic E-state index is 1.04. The predicted octanol–water partition coefficient (Wildman–Crippen LogP) is 5.63. The van der Waals surface area contributed by atoms with E-state index >= 15 is 0 Å². The van der Waals surface area contributed by atoms with Crippen LogP contribution in [0.1, 0.15) is 0 Å². The van der Waals surface area contributed by atoms with Crippen LogP contribution in [0.2, 0.25) is 0 Å². The summed E-state index contributed by atoms with van der Waals surface area (Å²) in [7, 11) is 0. The maximum Gasteiger partial charge on any atom is 0.0887 e. The number of pyridine rings is 1. The summed E-state index contributed by atoms with van der Waals surface area (Å²) in [5.41, 5.74) is 4.51. The molecule has 0 atom stereocenters. The number of nitrogens with zero attached hydrogens (tertiary/aromatic N) is 1. The summed E-state index contributed by atoms with van der Waals surface area (Å²) in [4.78, 5) is 6.11. The van der Waals surface area contributed by atoms with Gasteiger partial charge in [0.1, 0.15) is 0 Å². The molecule has 0 bridgehead atoms. The average molecular weight is 287 g/mol. The minimum Gasteiger partial charge on any atom is -0.246 e. The Hall–Kier alpha value is -2.45. The highest BCUT2D eigenvalue weighted by Crippen LogP contribution is 2.35. The molecule has 0 radical (unpaired) electrons. The largest absolute Gasteiger partial charge is 0.246 e. The summed E-state index contributed by atoms with van der Waals surface area (Å²) in [6.45, 7) is 0. The van der Waals surface area contributed by atoms with Crippen LogP contribution in [0.15, 0.2) is 78.2 Å². The standard InChI is InChI=1S/C19H13NS/c1-2-7-14(8-3-1)16-13-15-9-4-5-10-17(15)20-19(16)18-11-6-12-21-18/h1-13H. The van der Waals surface area contributed by atoms with Crippen molar-refractivity contribution in [3.8, 4) is 21.7 Å². The van der Waals surface area contributed by atoms with Crippen molar-refractivity contribution in [3.05, 3.63) is 78.2 Å². The van der Waals surface area contributed by atoms with Crippen LogP contribution in [-0.4, -0.2) is 4.98 Å². The van der Waals surface area contributed by atoms with Crippen molar-refractivity contribution < 1.29 is 0 Å². The molecule has 0 aliphatic carbocycles. The maximum absolute atomic E-state index is 4.90. The molecule has 2 aromatic heterocycles. The topological polar surface area (TPSA) is 12.9 Å². The van der Waals surface area contributed by atoms with Crippen molar-refractivity contribution in [2.75, 3.05) is 0 Å². The molecule has 0 unspecified atom stereocenters. The van der Waals surface area contributed by atoms with Gasteiger partial charge in [-0.25, -0.2) is 4.98 Å². The monoisotopic (exact) mass is 287 g/mol. The number of thiophene rings is 1. The van der Waals surface area contributed by atoms with Gasteiger partial charge in [0.2, 0.25) is 0 Å². The van der Waals surface area contributed by atoms with E-state index in [9.17, 15) is 0 Å². The molecule has 4 rings (SSSR count). The van der Waals surface area contributed by atoms with Gasteiger partial charge in [-0.15, -0.1) is 11.3 Å². The molecule has 1 nitrogen and oxygen atoms in total. The van der Waals surface area contributed by atoms with E-state index in [1.54, 1.807) is 11.3 Å². The van der Waals surface area contributed by atoms with Gasteiger partial charge in [0.05, 0.1) is 16.1 Å². The molecular weight excluding hydrogens is 274 g/mol. The average Bonchev–Trinajstić information content (AvgIpc) is 3.09. The van der Waals surface area contributed by atoms with Gasteiger partial charge in [-0.05, 0) is 29.1 Å². The molecule has 100 valence electrons. The van der Waals surface area contributed by atoms with Gasteiger partial charge in [0.25, 0.3) is 0 Å². The molecule has 4 aromatic rings. The first kappa shape index (κ1) is 12.3. The Morgan fingerprint density at radius 2 is 1.57 bits per heavy atom. The second-order valence-electron chi connectivity index (χ2n) is 4.92. The van der Waals surface area contributed by atoms with Gasteiger partial charge in [-0.3, -0.25) is 0 Å². The Bertz CT molecular complexity index is 880. The third-order valence-electron chi connectivity index (χ3n) is 3.56. The number of hydrogen-bond donors (Lipinski definition) is 0. The van der Waals surface area contributed by atoms with Gasteiger partial charge in [0.15, 0.2) is 0 Å². The zero-order valence-corrected chi connectivity index (χ0v) is 12.2. The van der Waals surface area contributed by atoms with E-state index in [0.717, 1.165) is 11.2 Å². The van der Waals surface area contributed by atoms with Crippen molar-refractivity contribution in [1.29, 1.82) is 0 Å². The molecule has 0 aliphatic rings. The molecule has 0 amide bonds. The summed E-state index contributed by atoms with van der Waals surface area (Å²) in [6.07, 6.45) is 0. The minimum absolute atomic E-state index is 1.04. The highest BCUT2D eigenvalue weighted by Gasteiger charge is 2.11. The zero-order chi connectivity index (χ0) is 14.1. The van der Waals surface area contributed by atoms with Crippen molar-refractivity contribution in [3.63, 3.8) is 0 Å². The van der Waals surface area contributed by atoms with E-state index in [4.69, 9.17) is 4.98 Å². The number of aromatic nitrogens is 1. The lowest BCUT2D eigenvalue weighted by Crippen LogP contribution is -1.89. The van der Waals surface area contributed by atoms with Crippen LogP contribution < -0.4 is 0 Å². The number of benzene rings is 2. The van der Waals surface area contributed by atoms with Crippen molar-refractivity contribution in [2.24, 2.45) is 0 Å². The van der Waals surface area contributed by atoms with Gasteiger partial charge in [-0.1, -0.05) is 54.6 Å². The number of rotatable bonds is 2. The van der Waals surface area contributed by atoms with Crippen LogP contribution in [0.25, 0.3) is 32.6 Å². The van der Waals surface area contributed by atoms with E-state index in [2.05, 4.69) is 66.0 Å². The van der Waals surface area contributed by atoms with Crippen molar-refractivity contribution in [1.82, 2.24) is 4.98 Å². The smallest absolute Gasteiger partial charge is 0.0887 e. The molecule has 0 aliphatic heterocycles. The summed E-state index contributed by atoms with van der Waals surface area (Å²) < 4.78 is 0. The third kappa shape index (κ3) is 2.24. The highest BCUT2D eigenvalue weighted by atomic mass is 32.1. The molecule has 0 N–H and O–H groups in total. The molecule has 2 heteroatoms. The summed E-state index contributed by atoms with van der Waals surface area (Å²) in [5.74, 6) is 0. The quantitative estimate of drug-likeness (QED) is 0.465. The lowest BCUT2D eigenvalue weighted by atomic mass is 10.0. The van der Waals surface area contributed by atoms with Gasteiger partial charge < -0.3 is 0 Å². The van der Waals surface area contributed by atoms with E-state index < -0.39 is 0 Å². The number of para-hydroxylation sites is 1. The Morgan fingerprint density at radius 1 is 0.762 bits per heavy atom. The van der Waals surface area contributed by atoms with E-state index in [-0.39, 0.29) is 0 Å². The molecule has 0 spiro atoms. The van der Waals surface area contributed by atoms with E-state index in [1.165, 1.54) is 21.4 Å². The fourth-order valence-electron chi connectivity index (χ4n) is 2.55. The molecule has 0 saturated carbocycles. The second kappa shape index (κ2) is 5.15. The molecule has 0 saturated heterocycles. The Balaban J connectivity index is 2.05. The second-order valence-corrected chi connectivity index (χ2v) is 5.87. The normalized spacial score (nSPS) is 10.9. The lowest BCUT2D eigenvalue weighted by molar-refractivity contribution is 1.41. The maximum atomic E-state index is 4.90. The summed E-state index contributed by atoms with van der Waals surface area (Å²) in [5, 5.41) is 3.28. The van der Waals surface area contributed by atoms with Crippen LogP contribution in [0, 0.1) is 0 Å². The Labute approximate surface area is 127 Å². The summed E-state index contributed by atoms with van der Waals surface area (Å²) in [6, 6.07) is 25.2. The molecule has 21 heavy (non-hydrogen) atoms. The van der Waals surface area contributed by atoms with Gasteiger partial charge >= 0.3 is 0 Å². The van der Waals surface area contributed by atoms with Crippen molar-refractivity contribution >= 4 is 22.2 Å². The first-order valence-corrected chi connectivity index (χ1v) is 7.79. The highest BCUT2D eigenvalue weighted by molar-refractivity contribution is 7.13. The number of hydrogen-bond acceptors (Lipinski definition) is 2. The molecule has 2 heterocycles. The molecular formula is C19H13NS.